The molecule has 106 valence electrons. The van der Waals surface area contributed by atoms with Crippen LogP contribution in [0.1, 0.15) is 32.7 Å². The number of carbonyl (C=O) groups is 1. The minimum Gasteiger partial charge on any atom is -0.462 e. The number of nitrogens with one attached hydrogen (secondary N) is 1. The van der Waals surface area contributed by atoms with Gasteiger partial charge < -0.3 is 10.1 Å². The number of hydrogen-bond donors (Lipinski definition) is 1. The molecule has 2 heterocycles. The van der Waals surface area contributed by atoms with Gasteiger partial charge in [-0.2, -0.15) is 0 Å². The molecule has 20 heavy (non-hydrogen) atoms. The number of aromatic nitrogens is 2. The largest absolute Gasteiger partial charge is 0.462 e. The lowest BCUT2D eigenvalue weighted by Gasteiger charge is -2.07. The van der Waals surface area contributed by atoms with Crippen molar-refractivity contribution in [2.45, 2.75) is 27.3 Å². The van der Waals surface area contributed by atoms with Crippen LogP contribution in [0.5, 0.6) is 0 Å². The minimum absolute atomic E-state index is 0.343. The monoisotopic (exact) mass is 291 g/mol. The average Bonchev–Trinajstić information content (AvgIpc) is 2.82. The number of ether oxygens (including phenoxy) is 1. The van der Waals surface area contributed by atoms with E-state index in [4.69, 9.17) is 4.74 Å². The predicted octanol–water partition coefficient (Wildman–Crippen LogP) is 2.94. The van der Waals surface area contributed by atoms with Crippen molar-refractivity contribution in [3.05, 3.63) is 39.3 Å². The molecular weight excluding hydrogens is 274 g/mol. The Kier molecular flexibility index (Phi) is 4.68. The van der Waals surface area contributed by atoms with E-state index in [0.717, 1.165) is 0 Å². The predicted molar refractivity (Wildman–Crippen MR) is 79.1 cm³/mol. The maximum absolute atomic E-state index is 11.6. The van der Waals surface area contributed by atoms with Crippen molar-refractivity contribution in [1.82, 2.24) is 9.97 Å². The summed E-state index contributed by atoms with van der Waals surface area (Å²) >= 11 is 1.73. The molecule has 2 aromatic heterocycles. The number of hydrogen-bond acceptors (Lipinski definition) is 6. The van der Waals surface area contributed by atoms with Gasteiger partial charge in [-0.3, -0.25) is 0 Å². The molecule has 0 fully saturated rings. The number of thiophene rings is 1. The van der Waals surface area contributed by atoms with Gasteiger partial charge in [0.1, 0.15) is 0 Å². The summed E-state index contributed by atoms with van der Waals surface area (Å²) < 4.78 is 4.94. The van der Waals surface area contributed by atoms with Gasteiger partial charge in [0.15, 0.2) is 0 Å². The Bertz CT molecular complexity index is 610. The molecule has 0 atom stereocenters. The maximum atomic E-state index is 11.6. The normalized spacial score (nSPS) is 10.3. The quantitative estimate of drug-likeness (QED) is 0.858. The summed E-state index contributed by atoms with van der Waals surface area (Å²) in [6.07, 6.45) is 1.50. The first kappa shape index (κ1) is 14.5. The SMILES string of the molecule is CCOC(=O)c1cnc(NCc2ccc(C)s2)nc1C. The number of nitrogens with zero attached hydrogens (tertiary/aromatic N) is 2. The summed E-state index contributed by atoms with van der Waals surface area (Å²) in [5.41, 5.74) is 1.02. The second-order valence-corrected chi connectivity index (χ2v) is 5.65. The average molecular weight is 291 g/mol. The van der Waals surface area contributed by atoms with Gasteiger partial charge in [-0.05, 0) is 32.9 Å². The fraction of sp³-hybridized carbons (Fsp3) is 0.357. The molecule has 2 aromatic rings. The van der Waals surface area contributed by atoms with Gasteiger partial charge in [-0.25, -0.2) is 14.8 Å². The molecule has 0 aliphatic rings. The van der Waals surface area contributed by atoms with Gasteiger partial charge in [-0.1, -0.05) is 0 Å². The van der Waals surface area contributed by atoms with Crippen molar-refractivity contribution in [1.29, 1.82) is 0 Å². The zero-order chi connectivity index (χ0) is 14.5. The van der Waals surface area contributed by atoms with Gasteiger partial charge in [0, 0.05) is 16.0 Å². The van der Waals surface area contributed by atoms with E-state index in [1.165, 1.54) is 16.0 Å². The van der Waals surface area contributed by atoms with Crippen molar-refractivity contribution >= 4 is 23.3 Å². The summed E-state index contributed by atoms with van der Waals surface area (Å²) in [7, 11) is 0. The first-order valence-electron chi connectivity index (χ1n) is 6.40. The van der Waals surface area contributed by atoms with E-state index in [-0.39, 0.29) is 5.97 Å². The molecule has 0 aromatic carbocycles. The Labute approximate surface area is 122 Å². The van der Waals surface area contributed by atoms with E-state index in [0.29, 0.717) is 30.4 Å². The lowest BCUT2D eigenvalue weighted by Crippen LogP contribution is -2.11. The van der Waals surface area contributed by atoms with Crippen molar-refractivity contribution in [3.8, 4) is 0 Å². The molecule has 0 saturated carbocycles. The van der Waals surface area contributed by atoms with E-state index in [2.05, 4.69) is 34.3 Å². The third-order valence-corrected chi connectivity index (χ3v) is 3.69. The van der Waals surface area contributed by atoms with Crippen LogP contribution in [-0.4, -0.2) is 22.5 Å². The molecule has 0 aliphatic carbocycles. The standard InChI is InChI=1S/C14H17N3O2S/c1-4-19-13(18)12-8-16-14(17-10(12)3)15-7-11-6-5-9(2)20-11/h5-6,8H,4,7H2,1-3H3,(H,15,16,17). The van der Waals surface area contributed by atoms with E-state index in [1.54, 1.807) is 25.2 Å². The number of rotatable bonds is 5. The van der Waals surface area contributed by atoms with Crippen LogP contribution in [0.25, 0.3) is 0 Å². The van der Waals surface area contributed by atoms with Crippen LogP contribution >= 0.6 is 11.3 Å². The van der Waals surface area contributed by atoms with Gasteiger partial charge in [0.25, 0.3) is 0 Å². The van der Waals surface area contributed by atoms with Crippen molar-refractivity contribution in [2.75, 3.05) is 11.9 Å². The summed E-state index contributed by atoms with van der Waals surface area (Å²) in [5.74, 6) is 0.132. The highest BCUT2D eigenvalue weighted by Gasteiger charge is 2.12. The first-order chi connectivity index (χ1) is 9.60. The molecule has 2 rings (SSSR count). The van der Waals surface area contributed by atoms with Crippen LogP contribution in [0.4, 0.5) is 5.95 Å². The molecule has 0 radical (unpaired) electrons. The van der Waals surface area contributed by atoms with Crippen molar-refractivity contribution in [3.63, 3.8) is 0 Å². The van der Waals surface area contributed by atoms with Crippen LogP contribution in [-0.2, 0) is 11.3 Å². The molecule has 0 bridgehead atoms. The molecule has 0 aliphatic heterocycles. The second-order valence-electron chi connectivity index (χ2n) is 4.28. The summed E-state index contributed by atoms with van der Waals surface area (Å²) in [4.78, 5) is 22.6. The summed E-state index contributed by atoms with van der Waals surface area (Å²) in [6.45, 7) is 6.64. The number of anilines is 1. The molecule has 0 unspecified atom stereocenters. The van der Waals surface area contributed by atoms with Crippen LogP contribution in [0.2, 0.25) is 0 Å². The highest BCUT2D eigenvalue weighted by Crippen LogP contribution is 2.16. The number of carbonyl (C=O) groups excluding carboxylic acids is 1. The third kappa shape index (κ3) is 3.54. The van der Waals surface area contributed by atoms with E-state index >= 15 is 0 Å². The van der Waals surface area contributed by atoms with Crippen LogP contribution < -0.4 is 5.32 Å². The first-order valence-corrected chi connectivity index (χ1v) is 7.21. The Balaban J connectivity index is 2.03. The topological polar surface area (TPSA) is 64.1 Å². The third-order valence-electron chi connectivity index (χ3n) is 2.69. The van der Waals surface area contributed by atoms with Crippen LogP contribution in [0.3, 0.4) is 0 Å². The minimum atomic E-state index is -0.384. The summed E-state index contributed by atoms with van der Waals surface area (Å²) in [6, 6.07) is 4.16. The molecule has 5 nitrogen and oxygen atoms in total. The molecule has 0 spiro atoms. The Morgan fingerprint density at radius 3 is 2.80 bits per heavy atom. The highest BCUT2D eigenvalue weighted by atomic mass is 32.1. The van der Waals surface area contributed by atoms with E-state index in [1.807, 2.05) is 0 Å². The molecule has 1 N–H and O–H groups in total. The van der Waals surface area contributed by atoms with Crippen LogP contribution in [0, 0.1) is 13.8 Å². The Morgan fingerprint density at radius 2 is 2.20 bits per heavy atom. The molecular formula is C14H17N3O2S. The van der Waals surface area contributed by atoms with Gasteiger partial charge in [-0.15, -0.1) is 11.3 Å². The lowest BCUT2D eigenvalue weighted by molar-refractivity contribution is 0.0524. The fourth-order valence-corrected chi connectivity index (χ4v) is 2.54. The molecule has 6 heteroatoms. The van der Waals surface area contributed by atoms with Gasteiger partial charge in [0.05, 0.1) is 24.4 Å². The van der Waals surface area contributed by atoms with E-state index < -0.39 is 0 Å². The van der Waals surface area contributed by atoms with Crippen molar-refractivity contribution in [2.24, 2.45) is 0 Å². The number of esters is 1. The van der Waals surface area contributed by atoms with Crippen molar-refractivity contribution < 1.29 is 9.53 Å². The highest BCUT2D eigenvalue weighted by molar-refractivity contribution is 7.11. The van der Waals surface area contributed by atoms with Gasteiger partial charge >= 0.3 is 5.97 Å². The molecule has 0 amide bonds. The Morgan fingerprint density at radius 1 is 1.40 bits per heavy atom. The van der Waals surface area contributed by atoms with E-state index in [9.17, 15) is 4.79 Å². The van der Waals surface area contributed by atoms with Crippen LogP contribution in [0.15, 0.2) is 18.3 Å². The molecule has 0 saturated heterocycles. The Hall–Kier alpha value is -1.95. The summed E-state index contributed by atoms with van der Waals surface area (Å²) in [5, 5.41) is 3.15. The smallest absolute Gasteiger partial charge is 0.341 e. The van der Waals surface area contributed by atoms with Gasteiger partial charge in [0.2, 0.25) is 5.95 Å². The fourth-order valence-electron chi connectivity index (χ4n) is 1.71. The zero-order valence-electron chi connectivity index (χ0n) is 11.8. The maximum Gasteiger partial charge on any atom is 0.341 e. The lowest BCUT2D eigenvalue weighted by atomic mass is 10.2. The number of aryl methyl sites for hydroxylation is 2. The zero-order valence-corrected chi connectivity index (χ0v) is 12.6. The second kappa shape index (κ2) is 6.47.